The van der Waals surface area contributed by atoms with E-state index < -0.39 is 10.8 Å². The number of carbonyl (C=O) groups is 1. The summed E-state index contributed by atoms with van der Waals surface area (Å²) in [5.41, 5.74) is 2.19. The van der Waals surface area contributed by atoms with E-state index >= 15 is 0 Å². The quantitative estimate of drug-likeness (QED) is 0.309. The van der Waals surface area contributed by atoms with Crippen molar-refractivity contribution in [1.82, 2.24) is 9.88 Å². The number of hydrogen-bond acceptors (Lipinski definition) is 4. The number of nitrogens with zero attached hydrogens (tertiary/aromatic N) is 3. The lowest BCUT2D eigenvalue weighted by Crippen LogP contribution is -2.24. The molecule has 0 aliphatic heterocycles. The van der Waals surface area contributed by atoms with Gasteiger partial charge in [-0.3, -0.25) is 14.9 Å². The second kappa shape index (κ2) is 8.47. The SMILES string of the molecule is N#C/C(=C/c1cccn1-c1ccc([N+](=O)[O-])cc1)C(=O)NCc1ccccc1. The molecule has 138 valence electrons. The van der Waals surface area contributed by atoms with Gasteiger partial charge in [-0.05, 0) is 35.9 Å². The Morgan fingerprint density at radius 1 is 1.11 bits per heavy atom. The van der Waals surface area contributed by atoms with Crippen molar-refractivity contribution in [3.63, 3.8) is 0 Å². The molecule has 0 unspecified atom stereocenters. The summed E-state index contributed by atoms with van der Waals surface area (Å²) in [6.45, 7) is 0.321. The normalized spacial score (nSPS) is 10.9. The maximum Gasteiger partial charge on any atom is 0.269 e. The molecule has 0 radical (unpaired) electrons. The minimum atomic E-state index is -0.470. The molecule has 7 heteroatoms. The van der Waals surface area contributed by atoms with E-state index in [-0.39, 0.29) is 11.3 Å². The van der Waals surface area contributed by atoms with Gasteiger partial charge in [0.05, 0.1) is 4.92 Å². The Bertz CT molecular complexity index is 1060. The number of rotatable bonds is 6. The average Bonchev–Trinajstić information content (AvgIpc) is 3.19. The van der Waals surface area contributed by atoms with Crippen molar-refractivity contribution in [2.24, 2.45) is 0 Å². The highest BCUT2D eigenvalue weighted by Gasteiger charge is 2.11. The van der Waals surface area contributed by atoms with E-state index in [2.05, 4.69) is 5.32 Å². The highest BCUT2D eigenvalue weighted by atomic mass is 16.6. The summed E-state index contributed by atoms with van der Waals surface area (Å²) in [6, 6.07) is 20.9. The number of non-ortho nitro benzene ring substituents is 1. The zero-order valence-corrected chi connectivity index (χ0v) is 14.8. The number of nitrogens with one attached hydrogen (secondary N) is 1. The first-order valence-corrected chi connectivity index (χ1v) is 8.44. The molecule has 0 aliphatic rings. The highest BCUT2D eigenvalue weighted by molar-refractivity contribution is 6.01. The topological polar surface area (TPSA) is 101 Å². The second-order valence-corrected chi connectivity index (χ2v) is 5.91. The van der Waals surface area contributed by atoms with Crippen molar-refractivity contribution in [2.45, 2.75) is 6.54 Å². The lowest BCUT2D eigenvalue weighted by atomic mass is 10.2. The number of nitro benzene ring substituents is 1. The molecular formula is C21H16N4O3. The molecule has 0 aliphatic carbocycles. The molecular weight excluding hydrogens is 356 g/mol. The molecule has 0 saturated heterocycles. The maximum atomic E-state index is 12.4. The van der Waals surface area contributed by atoms with E-state index in [1.807, 2.05) is 36.4 Å². The van der Waals surface area contributed by atoms with E-state index in [9.17, 15) is 20.2 Å². The first kappa shape index (κ1) is 18.6. The number of nitro groups is 1. The van der Waals surface area contributed by atoms with Crippen molar-refractivity contribution >= 4 is 17.7 Å². The predicted octanol–water partition coefficient (Wildman–Crippen LogP) is 3.61. The van der Waals surface area contributed by atoms with Gasteiger partial charge in [0.2, 0.25) is 0 Å². The fourth-order valence-corrected chi connectivity index (χ4v) is 2.65. The molecule has 0 spiro atoms. The summed E-state index contributed by atoms with van der Waals surface area (Å²) < 4.78 is 1.74. The fourth-order valence-electron chi connectivity index (χ4n) is 2.65. The van der Waals surface area contributed by atoms with E-state index in [0.717, 1.165) is 5.56 Å². The van der Waals surface area contributed by atoms with Gasteiger partial charge in [0, 0.05) is 36.3 Å². The molecule has 3 rings (SSSR count). The molecule has 1 heterocycles. The minimum Gasteiger partial charge on any atom is -0.347 e. The van der Waals surface area contributed by atoms with Crippen LogP contribution in [0.15, 0.2) is 78.5 Å². The highest BCUT2D eigenvalue weighted by Crippen LogP contribution is 2.19. The van der Waals surface area contributed by atoms with Crippen molar-refractivity contribution in [3.05, 3.63) is 99.9 Å². The molecule has 0 saturated carbocycles. The summed E-state index contributed by atoms with van der Waals surface area (Å²) in [5.74, 6) is -0.470. The summed E-state index contributed by atoms with van der Waals surface area (Å²) >= 11 is 0. The number of hydrogen-bond donors (Lipinski definition) is 1. The summed E-state index contributed by atoms with van der Waals surface area (Å²) in [4.78, 5) is 22.7. The number of benzene rings is 2. The second-order valence-electron chi connectivity index (χ2n) is 5.91. The first-order chi connectivity index (χ1) is 13.6. The Labute approximate surface area is 161 Å². The molecule has 28 heavy (non-hydrogen) atoms. The summed E-state index contributed by atoms with van der Waals surface area (Å²) in [7, 11) is 0. The minimum absolute atomic E-state index is 0.00833. The molecule has 0 fully saturated rings. The summed E-state index contributed by atoms with van der Waals surface area (Å²) in [6.07, 6.45) is 3.24. The third-order valence-corrected chi connectivity index (χ3v) is 4.07. The molecule has 3 aromatic rings. The summed E-state index contributed by atoms with van der Waals surface area (Å²) in [5, 5.41) is 22.9. The fraction of sp³-hybridized carbons (Fsp3) is 0.0476. The lowest BCUT2D eigenvalue weighted by molar-refractivity contribution is -0.384. The van der Waals surface area contributed by atoms with Crippen LogP contribution < -0.4 is 5.32 Å². The van der Waals surface area contributed by atoms with E-state index in [4.69, 9.17) is 0 Å². The molecule has 0 atom stereocenters. The number of nitriles is 1. The van der Waals surface area contributed by atoms with Crippen LogP contribution in [0.2, 0.25) is 0 Å². The number of aromatic nitrogens is 1. The van der Waals surface area contributed by atoms with Crippen LogP contribution in [0.3, 0.4) is 0 Å². The smallest absolute Gasteiger partial charge is 0.269 e. The Morgan fingerprint density at radius 3 is 2.46 bits per heavy atom. The monoisotopic (exact) mass is 372 g/mol. The van der Waals surface area contributed by atoms with Crippen LogP contribution in [0, 0.1) is 21.4 Å². The van der Waals surface area contributed by atoms with Crippen molar-refractivity contribution in [1.29, 1.82) is 5.26 Å². The molecule has 7 nitrogen and oxygen atoms in total. The van der Waals surface area contributed by atoms with E-state index in [1.54, 1.807) is 35.0 Å². The number of carbonyl (C=O) groups excluding carboxylic acids is 1. The molecule has 1 amide bonds. The van der Waals surface area contributed by atoms with Gasteiger partial charge in [-0.1, -0.05) is 30.3 Å². The van der Waals surface area contributed by atoms with Gasteiger partial charge in [0.25, 0.3) is 11.6 Å². The molecule has 2 aromatic carbocycles. The van der Waals surface area contributed by atoms with Crippen LogP contribution in [-0.2, 0) is 11.3 Å². The van der Waals surface area contributed by atoms with Gasteiger partial charge in [-0.15, -0.1) is 0 Å². The van der Waals surface area contributed by atoms with Crippen molar-refractivity contribution < 1.29 is 9.72 Å². The van der Waals surface area contributed by atoms with Gasteiger partial charge in [-0.2, -0.15) is 5.26 Å². The largest absolute Gasteiger partial charge is 0.347 e. The first-order valence-electron chi connectivity index (χ1n) is 8.44. The van der Waals surface area contributed by atoms with Crippen molar-refractivity contribution in [3.8, 4) is 11.8 Å². The Hall–Kier alpha value is -4.18. The average molecular weight is 372 g/mol. The van der Waals surface area contributed by atoms with Crippen LogP contribution >= 0.6 is 0 Å². The van der Waals surface area contributed by atoms with Crippen LogP contribution in [0.1, 0.15) is 11.3 Å². The Morgan fingerprint density at radius 2 is 1.82 bits per heavy atom. The van der Waals surface area contributed by atoms with Crippen LogP contribution in [0.5, 0.6) is 0 Å². The maximum absolute atomic E-state index is 12.4. The van der Waals surface area contributed by atoms with E-state index in [1.165, 1.54) is 18.2 Å². The van der Waals surface area contributed by atoms with Gasteiger partial charge < -0.3 is 9.88 Å². The third kappa shape index (κ3) is 4.31. The molecule has 1 aromatic heterocycles. The van der Waals surface area contributed by atoms with E-state index in [0.29, 0.717) is 17.9 Å². The van der Waals surface area contributed by atoms with Gasteiger partial charge in [0.1, 0.15) is 11.6 Å². The van der Waals surface area contributed by atoms with Crippen LogP contribution in [-0.4, -0.2) is 15.4 Å². The van der Waals surface area contributed by atoms with Gasteiger partial charge in [-0.25, -0.2) is 0 Å². The van der Waals surface area contributed by atoms with Gasteiger partial charge >= 0.3 is 0 Å². The Balaban J connectivity index is 1.80. The zero-order valence-electron chi connectivity index (χ0n) is 14.8. The molecule has 0 bridgehead atoms. The molecule has 1 N–H and O–H groups in total. The zero-order chi connectivity index (χ0) is 19.9. The van der Waals surface area contributed by atoms with Crippen LogP contribution in [0.25, 0.3) is 11.8 Å². The Kier molecular flexibility index (Phi) is 5.63. The third-order valence-electron chi connectivity index (χ3n) is 4.07. The van der Waals surface area contributed by atoms with Crippen LogP contribution in [0.4, 0.5) is 5.69 Å². The standard InChI is InChI=1S/C21H16N4O3/c22-14-17(21(26)23-15-16-5-2-1-3-6-16)13-20-7-4-12-24(20)18-8-10-19(11-9-18)25(27)28/h1-13H,15H2,(H,23,26)/b17-13-. The lowest BCUT2D eigenvalue weighted by Gasteiger charge is -2.08. The predicted molar refractivity (Wildman–Crippen MR) is 104 cm³/mol. The number of amides is 1. The van der Waals surface area contributed by atoms with Gasteiger partial charge in [0.15, 0.2) is 0 Å². The van der Waals surface area contributed by atoms with Crippen molar-refractivity contribution in [2.75, 3.05) is 0 Å².